The maximum atomic E-state index is 13.7. The van der Waals surface area contributed by atoms with E-state index >= 15 is 0 Å². The molecule has 3 aliphatic carbocycles. The molecule has 4 aromatic rings. The van der Waals surface area contributed by atoms with Crippen LogP contribution >= 0.6 is 83.2 Å². The van der Waals surface area contributed by atoms with E-state index in [-0.39, 0.29) is 217 Å². The fraction of sp³-hybridized carbons (Fsp3) is 0.274. The van der Waals surface area contributed by atoms with Gasteiger partial charge in [0.15, 0.2) is 39.0 Å². The van der Waals surface area contributed by atoms with Crippen LogP contribution < -0.4 is 33.1 Å². The summed E-state index contributed by atoms with van der Waals surface area (Å²) in [7, 11) is 0. The monoisotopic (exact) mass is 1870 g/mol. The van der Waals surface area contributed by atoms with E-state index in [2.05, 4.69) is 27.9 Å². The Balaban J connectivity index is 0.000000176. The molecule has 18 rings (SSSR count). The van der Waals surface area contributed by atoms with E-state index in [1.54, 1.807) is 34.1 Å². The number of thioether (sulfide) groups is 6. The Kier molecular flexibility index (Phi) is 25.4. The van der Waals surface area contributed by atoms with Crippen LogP contribution in [-0.4, -0.2) is 290 Å². The number of aliphatic carboxylic acids is 3. The van der Waals surface area contributed by atoms with Crippen molar-refractivity contribution in [3.8, 4) is 62.6 Å². The second-order valence-corrected chi connectivity index (χ2v) is 36.7. The van der Waals surface area contributed by atoms with E-state index in [1.165, 1.54) is 169 Å². The van der Waals surface area contributed by atoms with Gasteiger partial charge in [0.1, 0.15) is 113 Å². The van der Waals surface area contributed by atoms with E-state index in [1.807, 2.05) is 0 Å². The van der Waals surface area contributed by atoms with Crippen molar-refractivity contribution in [2.75, 3.05) is 104 Å². The number of rotatable bonds is 20. The lowest BCUT2D eigenvalue weighted by atomic mass is 9.91. The summed E-state index contributed by atoms with van der Waals surface area (Å²) in [4.78, 5) is 207. The first-order valence-corrected chi connectivity index (χ1v) is 46.2. The Morgan fingerprint density at radius 3 is 1.41 bits per heavy atom. The number of aromatic nitrogens is 2. The number of thiol groups is 1. The van der Waals surface area contributed by atoms with Gasteiger partial charge in [-0.25, -0.2) is 29.1 Å². The molecule has 0 aromatic heterocycles. The second kappa shape index (κ2) is 36.7. The smallest absolute Gasteiger partial charge is 0.352 e. The predicted octanol–water partition coefficient (Wildman–Crippen LogP) is 4.92. The van der Waals surface area contributed by atoms with Crippen LogP contribution in [0.1, 0.15) is 31.1 Å². The van der Waals surface area contributed by atoms with Gasteiger partial charge in [-0.15, -0.1) is 70.6 Å². The number of carbonyl (C=O) groups excluding carboxylic acids is 8. The Hall–Kier alpha value is -12.6. The summed E-state index contributed by atoms with van der Waals surface area (Å²) in [6.07, 6.45) is 0. The number of piperazine rings is 2. The third kappa shape index (κ3) is 17.2. The van der Waals surface area contributed by atoms with Gasteiger partial charge in [0.05, 0.1) is 22.8 Å². The number of amides is 8. The Bertz CT molecular complexity index is 6580. The number of aromatic carboxylic acids is 1. The lowest BCUT2D eigenvalue weighted by molar-refractivity contribution is -0.150. The number of phenolic OH excluding ortho intramolecular Hbond substituents is 3. The minimum atomic E-state index is -1.33. The molecule has 12 N–H and O–H groups in total. The lowest BCUT2D eigenvalue weighted by Crippen LogP contribution is -2.70. The van der Waals surface area contributed by atoms with Crippen LogP contribution in [0.5, 0.6) is 17.2 Å². The van der Waals surface area contributed by atoms with Gasteiger partial charge in [-0.2, -0.15) is 12.6 Å². The van der Waals surface area contributed by atoms with Gasteiger partial charge in [0.25, 0.3) is 17.7 Å². The first-order chi connectivity index (χ1) is 61.3. The minimum Gasteiger partial charge on any atom is -0.508 e. The number of β-lactam (4-membered cyclic amide) rings is 3. The van der Waals surface area contributed by atoms with Crippen molar-refractivity contribution in [2.24, 2.45) is 11.5 Å². The largest absolute Gasteiger partial charge is 0.508 e. The summed E-state index contributed by atoms with van der Waals surface area (Å²) in [5, 5.41) is 72.6. The molecular formula is C84H72N12O25S7. The molecule has 6 unspecified atom stereocenters. The molecule has 660 valence electrons. The molecule has 8 amide bonds. The molecule has 6 atom stereocenters. The number of fused-ring (bicyclic) bond motifs is 9. The Morgan fingerprint density at radius 2 is 0.922 bits per heavy atom. The molecule has 5 fully saturated rings. The van der Waals surface area contributed by atoms with Crippen molar-refractivity contribution < 1.29 is 107 Å². The zero-order chi connectivity index (χ0) is 90.7. The standard InChI is InChI=1S/C49H37N5O14S3.C27H25N5O8S2.C8H10N2O3S2/c55-24-1-5-29-35(15-24)67-36-16-25(56)2-6-30(36)40(29)28-7-4-27(18-31(28)48(63)64)70-21-38(59)51-42-46(62)54-43(49(65)66)23(20-71-47(42)54)19-69-22-39(60)52-11-13-53(14-12-52)45(61)41-34(58)10-9-33-44(41)68-37-17-26(57)3-8-32(37)50-33;28-21-25(37)32-22(27(38)39)13(11-42-26(21)32)10-41-12-19(35)30-5-7-31(8-6-30)24(36)20-17(34)4-3-16-23(20)40-18-9-14(33)1-2-15(18)29-16;9-4-6(11)10-5(8(12)13)3(1-14)2-15-7(4)10/h1-10,15-18,42,47,55,58H,11-14,19-22H2,(H,51,59)(H,63,64)(H,65,66);1-4,9,21,26,34H,5-8,10-12,28H2,(H,38,39);4,7,14H,1-2,9H2,(H,12,13). The number of benzene rings is 7. The van der Waals surface area contributed by atoms with Crippen LogP contribution in [0.2, 0.25) is 0 Å². The fourth-order valence-electron chi connectivity index (χ4n) is 15.8. The number of aromatic hydroxyl groups is 3. The van der Waals surface area contributed by atoms with Crippen LogP contribution in [0.15, 0.2) is 182 Å². The van der Waals surface area contributed by atoms with E-state index in [0.717, 1.165) is 16.7 Å². The molecule has 44 heteroatoms. The van der Waals surface area contributed by atoms with Gasteiger partial charge in [-0.1, -0.05) is 6.07 Å². The Morgan fingerprint density at radius 1 is 0.477 bits per heavy atom. The molecule has 14 aliphatic rings. The fourth-order valence-corrected chi connectivity index (χ4v) is 23.0. The Labute approximate surface area is 752 Å². The van der Waals surface area contributed by atoms with Crippen molar-refractivity contribution in [3.05, 3.63) is 196 Å². The quantitative estimate of drug-likeness (QED) is 0.0209. The minimum absolute atomic E-state index is 0.00610. The van der Waals surface area contributed by atoms with Crippen LogP contribution in [0.3, 0.4) is 0 Å². The molecule has 4 aromatic carbocycles. The van der Waals surface area contributed by atoms with E-state index in [4.69, 9.17) is 29.8 Å². The number of carboxylic acid groups (broad SMARTS) is 4. The summed E-state index contributed by atoms with van der Waals surface area (Å²) < 4.78 is 17.6. The van der Waals surface area contributed by atoms with Crippen LogP contribution in [0.4, 0.5) is 0 Å². The third-order valence-corrected chi connectivity index (χ3v) is 29.6. The average molecular weight is 1870 g/mol. The second-order valence-electron chi connectivity index (χ2n) is 30.0. The van der Waals surface area contributed by atoms with Gasteiger partial charge in [-0.05, 0) is 107 Å². The third-order valence-electron chi connectivity index (χ3n) is 22.1. The van der Waals surface area contributed by atoms with Crippen LogP contribution in [-0.2, 0) is 43.2 Å². The van der Waals surface area contributed by atoms with Crippen molar-refractivity contribution >= 4 is 188 Å². The first-order valence-electron chi connectivity index (χ1n) is 39.1. The number of hydrogen-bond acceptors (Lipinski definition) is 32. The highest BCUT2D eigenvalue weighted by Gasteiger charge is 2.56. The van der Waals surface area contributed by atoms with Crippen molar-refractivity contribution in [3.63, 3.8) is 0 Å². The van der Waals surface area contributed by atoms with Crippen molar-refractivity contribution in [1.82, 2.24) is 49.6 Å². The number of nitrogens with two attached hydrogens (primary N) is 2. The molecule has 0 spiro atoms. The number of carbonyl (C=O) groups is 12. The molecule has 0 radical (unpaired) electrons. The first kappa shape index (κ1) is 88.9. The summed E-state index contributed by atoms with van der Waals surface area (Å²) in [6.45, 7) is 1.68. The lowest BCUT2D eigenvalue weighted by Gasteiger charge is -2.49. The zero-order valence-corrected chi connectivity index (χ0v) is 72.3. The van der Waals surface area contributed by atoms with Gasteiger partial charge in [0, 0.05) is 133 Å². The number of phenols is 3. The van der Waals surface area contributed by atoms with Gasteiger partial charge in [-0.3, -0.25) is 67.4 Å². The normalized spacial score (nSPS) is 19.6. The molecule has 11 heterocycles. The SMILES string of the molecule is NC1C(=O)N2C(C(=O)O)=C(CS)CSC12.NC1C(=O)N2C(C(=O)O)=C(CSCC(=O)N3CCN(C(=O)c4c(O)ccc5nc6ccc(=O)cc-6oc45)CC3)CSC12.O=C(CSc1ccc(-c2c3ccc(=O)cc-3oc3cc(O)ccc23)c(C(=O)O)c1)NC1C(=O)N2C(C(=O)O)=C(CSCC(=O)N3CCN(C(=O)c4c(O)ccc5nc6ccc(=O)cc-6oc45)CC3)CSC12. The van der Waals surface area contributed by atoms with Gasteiger partial charge >= 0.3 is 23.9 Å². The molecule has 0 bridgehead atoms. The number of nitrogens with zero attached hydrogens (tertiary/aromatic N) is 9. The summed E-state index contributed by atoms with van der Waals surface area (Å²) in [6, 6.07) is 24.9. The molecule has 0 saturated carbocycles. The number of hydrogen-bond donors (Lipinski definition) is 11. The predicted molar refractivity (Wildman–Crippen MR) is 476 cm³/mol. The van der Waals surface area contributed by atoms with Crippen LogP contribution in [0, 0.1) is 0 Å². The molecule has 11 aliphatic heterocycles. The van der Waals surface area contributed by atoms with E-state index in [0.29, 0.717) is 83.4 Å². The molecular weight excluding hydrogens is 1800 g/mol. The zero-order valence-electron chi connectivity index (χ0n) is 66.5. The van der Waals surface area contributed by atoms with E-state index in [9.17, 15) is 103 Å². The molecule has 37 nitrogen and oxygen atoms in total. The summed E-state index contributed by atoms with van der Waals surface area (Å²) >= 11 is 11.7. The maximum absolute atomic E-state index is 13.7. The summed E-state index contributed by atoms with van der Waals surface area (Å²) in [5.74, 6) is -6.40. The van der Waals surface area contributed by atoms with Gasteiger partial charge < -0.3 is 85.4 Å². The molecule has 128 heavy (non-hydrogen) atoms. The molecule has 5 saturated heterocycles. The average Bonchev–Trinajstić information content (AvgIpc) is 0.717. The number of carboxylic acids is 4. The van der Waals surface area contributed by atoms with Crippen molar-refractivity contribution in [2.45, 2.75) is 39.1 Å². The van der Waals surface area contributed by atoms with Gasteiger partial charge in [0.2, 0.25) is 29.5 Å². The topological polar surface area (TPSA) is 550 Å². The highest BCUT2D eigenvalue weighted by molar-refractivity contribution is 8.02. The number of nitrogens with one attached hydrogen (secondary N) is 1. The highest BCUT2D eigenvalue weighted by atomic mass is 32.2. The maximum Gasteiger partial charge on any atom is 0.352 e. The summed E-state index contributed by atoms with van der Waals surface area (Å²) in [5.41, 5.74) is 14.8. The van der Waals surface area contributed by atoms with E-state index < -0.39 is 76.9 Å². The highest BCUT2D eigenvalue weighted by Crippen LogP contribution is 2.47. The van der Waals surface area contributed by atoms with Crippen molar-refractivity contribution in [1.29, 1.82) is 0 Å². The van der Waals surface area contributed by atoms with Crippen LogP contribution in [0.25, 0.3) is 78.5 Å².